The van der Waals surface area contributed by atoms with E-state index in [4.69, 9.17) is 9.47 Å². The Kier molecular flexibility index (Phi) is 4.39. The topological polar surface area (TPSA) is 38.8 Å². The molecule has 0 N–H and O–H groups in total. The van der Waals surface area contributed by atoms with Gasteiger partial charge >= 0.3 is 0 Å². The number of carbonyl (C=O) groups is 1. The molecule has 4 nitrogen and oxygen atoms in total. The number of likely N-dealkylation sites (tertiary alicyclic amines) is 1. The summed E-state index contributed by atoms with van der Waals surface area (Å²) in [7, 11) is 1.71. The van der Waals surface area contributed by atoms with Gasteiger partial charge in [-0.1, -0.05) is 30.3 Å². The van der Waals surface area contributed by atoms with Crippen LogP contribution in [-0.4, -0.2) is 37.6 Å². The van der Waals surface area contributed by atoms with Crippen LogP contribution in [0.1, 0.15) is 35.1 Å². The molecule has 0 bridgehead atoms. The summed E-state index contributed by atoms with van der Waals surface area (Å²) in [4.78, 5) is 15.2. The molecule has 0 saturated carbocycles. The molecular formula is C24H27NO3. The number of rotatable bonds is 2. The summed E-state index contributed by atoms with van der Waals surface area (Å²) in [6.07, 6.45) is 4.44. The number of benzene rings is 2. The van der Waals surface area contributed by atoms with Crippen LogP contribution in [0.3, 0.4) is 0 Å². The molecule has 1 spiro atoms. The lowest BCUT2D eigenvalue weighted by atomic mass is 9.79. The van der Waals surface area contributed by atoms with Crippen molar-refractivity contribution >= 4 is 5.91 Å². The Balaban J connectivity index is 1.29. The summed E-state index contributed by atoms with van der Waals surface area (Å²) in [6, 6.07) is 14.8. The standard InChI is InChI=1S/C24H27NO3/c1-27-21-6-7-22-19(16-21)8-13-28-24(22)9-11-25(12-10-24)23(26)20-14-17-4-2-3-5-18(17)15-20/h2-7,16,20H,8-15H2,1H3. The largest absolute Gasteiger partial charge is 0.497 e. The SMILES string of the molecule is COc1ccc2c(c1)CCOC21CCN(C(=O)C2Cc3ccccc3C2)CC1. The van der Waals surface area contributed by atoms with Crippen LogP contribution in [0.15, 0.2) is 42.5 Å². The number of methoxy groups -OCH3 is 1. The summed E-state index contributed by atoms with van der Waals surface area (Å²) in [5, 5.41) is 0. The maximum absolute atomic E-state index is 13.1. The molecule has 0 unspecified atom stereocenters. The zero-order valence-electron chi connectivity index (χ0n) is 16.4. The monoisotopic (exact) mass is 377 g/mol. The van der Waals surface area contributed by atoms with E-state index >= 15 is 0 Å². The summed E-state index contributed by atoms with van der Waals surface area (Å²) in [5.74, 6) is 1.33. The lowest BCUT2D eigenvalue weighted by molar-refractivity contribution is -0.144. The van der Waals surface area contributed by atoms with Crippen LogP contribution in [-0.2, 0) is 34.4 Å². The third-order valence-corrected chi connectivity index (χ3v) is 6.84. The predicted octanol–water partition coefficient (Wildman–Crippen LogP) is 3.50. The van der Waals surface area contributed by atoms with Crippen molar-refractivity contribution in [2.75, 3.05) is 26.8 Å². The molecular weight excluding hydrogens is 350 g/mol. The molecule has 1 saturated heterocycles. The zero-order valence-corrected chi connectivity index (χ0v) is 16.4. The van der Waals surface area contributed by atoms with Crippen LogP contribution in [0.4, 0.5) is 0 Å². The third kappa shape index (κ3) is 2.91. The first-order chi connectivity index (χ1) is 13.7. The second-order valence-corrected chi connectivity index (χ2v) is 8.31. The highest BCUT2D eigenvalue weighted by atomic mass is 16.5. The molecule has 5 rings (SSSR count). The molecule has 28 heavy (non-hydrogen) atoms. The lowest BCUT2D eigenvalue weighted by Gasteiger charge is -2.45. The molecule has 2 aromatic carbocycles. The number of carbonyl (C=O) groups excluding carboxylic acids is 1. The minimum absolute atomic E-state index is 0.107. The van der Waals surface area contributed by atoms with Crippen LogP contribution in [0, 0.1) is 5.92 Å². The van der Waals surface area contributed by atoms with Crippen LogP contribution >= 0.6 is 0 Å². The molecule has 2 aromatic rings. The predicted molar refractivity (Wildman–Crippen MR) is 107 cm³/mol. The van der Waals surface area contributed by atoms with E-state index in [0.717, 1.165) is 57.6 Å². The van der Waals surface area contributed by atoms with Crippen molar-refractivity contribution in [3.63, 3.8) is 0 Å². The fourth-order valence-electron chi connectivity index (χ4n) is 5.28. The fourth-order valence-corrected chi connectivity index (χ4v) is 5.28. The first-order valence-electron chi connectivity index (χ1n) is 10.4. The number of piperidine rings is 1. The minimum Gasteiger partial charge on any atom is -0.497 e. The van der Waals surface area contributed by atoms with Crippen molar-refractivity contribution in [2.45, 2.75) is 37.7 Å². The lowest BCUT2D eigenvalue weighted by Crippen LogP contribution is -2.49. The van der Waals surface area contributed by atoms with Crippen molar-refractivity contribution in [1.29, 1.82) is 0 Å². The molecule has 4 heteroatoms. The Morgan fingerprint density at radius 1 is 1.07 bits per heavy atom. The van der Waals surface area contributed by atoms with Gasteiger partial charge in [-0.2, -0.15) is 0 Å². The zero-order chi connectivity index (χ0) is 19.1. The summed E-state index contributed by atoms with van der Waals surface area (Å²) in [6.45, 7) is 2.29. The highest BCUT2D eigenvalue weighted by molar-refractivity contribution is 5.80. The molecule has 0 aromatic heterocycles. The van der Waals surface area contributed by atoms with Gasteiger partial charge in [-0.3, -0.25) is 4.79 Å². The molecule has 146 valence electrons. The van der Waals surface area contributed by atoms with E-state index in [-0.39, 0.29) is 11.5 Å². The Labute approximate surface area is 166 Å². The van der Waals surface area contributed by atoms with Gasteiger partial charge in [0.15, 0.2) is 0 Å². The van der Waals surface area contributed by atoms with Gasteiger partial charge in [0.2, 0.25) is 5.91 Å². The van der Waals surface area contributed by atoms with Crippen molar-refractivity contribution < 1.29 is 14.3 Å². The molecule has 1 amide bonds. The Morgan fingerprint density at radius 2 is 1.79 bits per heavy atom. The van der Waals surface area contributed by atoms with E-state index in [2.05, 4.69) is 41.3 Å². The van der Waals surface area contributed by atoms with E-state index < -0.39 is 0 Å². The first kappa shape index (κ1) is 17.7. The summed E-state index contributed by atoms with van der Waals surface area (Å²) < 4.78 is 11.7. The second-order valence-electron chi connectivity index (χ2n) is 8.31. The quantitative estimate of drug-likeness (QED) is 0.804. The van der Waals surface area contributed by atoms with Gasteiger partial charge in [0.1, 0.15) is 5.75 Å². The molecule has 0 radical (unpaired) electrons. The number of nitrogens with zero attached hydrogens (tertiary/aromatic N) is 1. The highest BCUT2D eigenvalue weighted by Crippen LogP contribution is 2.43. The molecule has 2 heterocycles. The number of hydrogen-bond acceptors (Lipinski definition) is 3. The van der Waals surface area contributed by atoms with Gasteiger partial charge < -0.3 is 14.4 Å². The van der Waals surface area contributed by atoms with Crippen molar-refractivity contribution in [3.05, 3.63) is 64.7 Å². The Morgan fingerprint density at radius 3 is 2.46 bits per heavy atom. The molecule has 0 atom stereocenters. The van der Waals surface area contributed by atoms with Gasteiger partial charge in [-0.25, -0.2) is 0 Å². The van der Waals surface area contributed by atoms with Gasteiger partial charge in [-0.15, -0.1) is 0 Å². The van der Waals surface area contributed by atoms with E-state index in [1.54, 1.807) is 7.11 Å². The van der Waals surface area contributed by atoms with Crippen LogP contribution in [0.5, 0.6) is 5.75 Å². The van der Waals surface area contributed by atoms with Gasteiger partial charge in [-0.05, 0) is 66.5 Å². The van der Waals surface area contributed by atoms with Gasteiger partial charge in [0.05, 0.1) is 19.3 Å². The van der Waals surface area contributed by atoms with Crippen LogP contribution < -0.4 is 4.74 Å². The van der Waals surface area contributed by atoms with Crippen LogP contribution in [0.2, 0.25) is 0 Å². The Bertz CT molecular complexity index is 873. The smallest absolute Gasteiger partial charge is 0.226 e. The van der Waals surface area contributed by atoms with E-state index in [1.165, 1.54) is 22.3 Å². The third-order valence-electron chi connectivity index (χ3n) is 6.84. The number of fused-ring (bicyclic) bond motifs is 3. The van der Waals surface area contributed by atoms with Crippen molar-refractivity contribution in [2.24, 2.45) is 5.92 Å². The normalized spacial score (nSPS) is 20.7. The molecule has 1 aliphatic carbocycles. The summed E-state index contributed by atoms with van der Waals surface area (Å²) >= 11 is 0. The average Bonchev–Trinajstić information content (AvgIpc) is 3.18. The maximum Gasteiger partial charge on any atom is 0.226 e. The fraction of sp³-hybridized carbons (Fsp3) is 0.458. The van der Waals surface area contributed by atoms with Crippen molar-refractivity contribution in [3.8, 4) is 5.75 Å². The molecule has 1 fully saturated rings. The van der Waals surface area contributed by atoms with Gasteiger partial charge in [0.25, 0.3) is 0 Å². The highest BCUT2D eigenvalue weighted by Gasteiger charge is 2.43. The second kappa shape index (κ2) is 6.93. The summed E-state index contributed by atoms with van der Waals surface area (Å²) in [5.41, 5.74) is 5.06. The van der Waals surface area contributed by atoms with E-state index in [9.17, 15) is 4.79 Å². The van der Waals surface area contributed by atoms with E-state index in [0.29, 0.717) is 5.91 Å². The average molecular weight is 377 g/mol. The Hall–Kier alpha value is -2.33. The van der Waals surface area contributed by atoms with E-state index in [1.807, 2.05) is 6.07 Å². The molecule has 2 aliphatic heterocycles. The van der Waals surface area contributed by atoms with Gasteiger partial charge in [0, 0.05) is 19.0 Å². The van der Waals surface area contributed by atoms with Crippen LogP contribution in [0.25, 0.3) is 0 Å². The number of ether oxygens (including phenoxy) is 2. The minimum atomic E-state index is -0.241. The first-order valence-corrected chi connectivity index (χ1v) is 10.4. The maximum atomic E-state index is 13.1. The van der Waals surface area contributed by atoms with Crippen molar-refractivity contribution in [1.82, 2.24) is 4.90 Å². The number of hydrogen-bond donors (Lipinski definition) is 0. The number of amides is 1. The molecule has 3 aliphatic rings.